The molecule has 0 radical (unpaired) electrons. The molecule has 2 amide bonds. The van der Waals surface area contributed by atoms with Crippen molar-refractivity contribution < 1.29 is 14.3 Å². The Morgan fingerprint density at radius 3 is 2.39 bits per heavy atom. The third kappa shape index (κ3) is 4.32. The summed E-state index contributed by atoms with van der Waals surface area (Å²) in [5.74, 6) is -0.180. The average Bonchev–Trinajstić information content (AvgIpc) is 2.55. The zero-order valence-electron chi connectivity index (χ0n) is 13.2. The molecule has 1 unspecified atom stereocenters. The Morgan fingerprint density at radius 2 is 1.78 bits per heavy atom. The quantitative estimate of drug-likeness (QED) is 0.859. The molecular weight excluding hydrogens is 292 g/mol. The number of para-hydroxylation sites is 1. The number of anilines is 1. The van der Waals surface area contributed by atoms with E-state index in [0.717, 1.165) is 6.42 Å². The fraction of sp³-hybridized carbons (Fsp3) is 0.222. The minimum Gasteiger partial charge on any atom is -0.491 e. The highest BCUT2D eigenvalue weighted by Crippen LogP contribution is 2.18. The first-order valence-corrected chi connectivity index (χ1v) is 7.48. The van der Waals surface area contributed by atoms with Gasteiger partial charge in [-0.2, -0.15) is 0 Å². The van der Waals surface area contributed by atoms with Crippen LogP contribution in [0.3, 0.4) is 0 Å². The van der Waals surface area contributed by atoms with E-state index >= 15 is 0 Å². The molecule has 23 heavy (non-hydrogen) atoms. The van der Waals surface area contributed by atoms with E-state index in [0.29, 0.717) is 17.0 Å². The first-order chi connectivity index (χ1) is 11.0. The largest absolute Gasteiger partial charge is 0.491 e. The standard InChI is InChI=1S/C18H20N2O3/c1-3-12(2)23-14-10-8-13(9-11-14)18(22)20-16-7-5-4-6-15(16)17(19)21/h4-12H,3H2,1-2H3,(H2,19,21)(H,20,22). The van der Waals surface area contributed by atoms with Gasteiger partial charge in [-0.05, 0) is 49.7 Å². The molecular formula is C18H20N2O3. The van der Waals surface area contributed by atoms with Crippen LogP contribution >= 0.6 is 0 Å². The summed E-state index contributed by atoms with van der Waals surface area (Å²) in [6.45, 7) is 4.03. The molecule has 0 saturated carbocycles. The lowest BCUT2D eigenvalue weighted by atomic mass is 10.1. The van der Waals surface area contributed by atoms with Gasteiger partial charge in [-0.1, -0.05) is 19.1 Å². The minimum atomic E-state index is -0.585. The molecule has 2 aromatic rings. The Morgan fingerprint density at radius 1 is 1.13 bits per heavy atom. The predicted octanol–water partition coefficient (Wildman–Crippen LogP) is 3.22. The highest BCUT2D eigenvalue weighted by Gasteiger charge is 2.12. The average molecular weight is 312 g/mol. The summed E-state index contributed by atoms with van der Waals surface area (Å²) in [6.07, 6.45) is 1.03. The second-order valence-electron chi connectivity index (χ2n) is 5.23. The summed E-state index contributed by atoms with van der Waals surface area (Å²) in [6, 6.07) is 13.5. The summed E-state index contributed by atoms with van der Waals surface area (Å²) in [5, 5.41) is 2.70. The summed E-state index contributed by atoms with van der Waals surface area (Å²) in [4.78, 5) is 23.6. The molecule has 0 aliphatic carbocycles. The molecule has 1 atom stereocenters. The highest BCUT2D eigenvalue weighted by atomic mass is 16.5. The molecule has 5 heteroatoms. The molecule has 0 aliphatic rings. The van der Waals surface area contributed by atoms with Crippen LogP contribution in [0.1, 0.15) is 41.0 Å². The van der Waals surface area contributed by atoms with Gasteiger partial charge >= 0.3 is 0 Å². The molecule has 0 heterocycles. The van der Waals surface area contributed by atoms with Crippen LogP contribution in [0.4, 0.5) is 5.69 Å². The van der Waals surface area contributed by atoms with Gasteiger partial charge in [-0.3, -0.25) is 9.59 Å². The van der Waals surface area contributed by atoms with Crippen LogP contribution in [0.25, 0.3) is 0 Å². The van der Waals surface area contributed by atoms with Crippen molar-refractivity contribution in [2.75, 3.05) is 5.32 Å². The number of hydrogen-bond donors (Lipinski definition) is 2. The lowest BCUT2D eigenvalue weighted by Crippen LogP contribution is -2.18. The van der Waals surface area contributed by atoms with Gasteiger partial charge in [0.2, 0.25) is 0 Å². The van der Waals surface area contributed by atoms with Gasteiger partial charge in [-0.15, -0.1) is 0 Å². The number of benzene rings is 2. The number of ether oxygens (including phenoxy) is 1. The second-order valence-corrected chi connectivity index (χ2v) is 5.23. The number of primary amides is 1. The van der Waals surface area contributed by atoms with Crippen LogP contribution < -0.4 is 15.8 Å². The minimum absolute atomic E-state index is 0.122. The molecule has 0 aliphatic heterocycles. The van der Waals surface area contributed by atoms with Crippen LogP contribution in [-0.2, 0) is 0 Å². The van der Waals surface area contributed by atoms with E-state index in [1.807, 2.05) is 13.8 Å². The van der Waals surface area contributed by atoms with Crippen molar-refractivity contribution in [1.82, 2.24) is 0 Å². The van der Waals surface area contributed by atoms with Gasteiger partial charge in [-0.25, -0.2) is 0 Å². The van der Waals surface area contributed by atoms with Gasteiger partial charge in [0.05, 0.1) is 17.4 Å². The van der Waals surface area contributed by atoms with Gasteiger partial charge in [0.25, 0.3) is 11.8 Å². The number of rotatable bonds is 6. The molecule has 5 nitrogen and oxygen atoms in total. The third-order valence-corrected chi connectivity index (χ3v) is 3.47. The normalized spacial score (nSPS) is 11.6. The van der Waals surface area contributed by atoms with Crippen LogP contribution in [0, 0.1) is 0 Å². The van der Waals surface area contributed by atoms with E-state index in [-0.39, 0.29) is 17.6 Å². The van der Waals surface area contributed by atoms with Gasteiger partial charge in [0.15, 0.2) is 0 Å². The van der Waals surface area contributed by atoms with E-state index in [1.165, 1.54) is 0 Å². The molecule has 0 bridgehead atoms. The van der Waals surface area contributed by atoms with Crippen molar-refractivity contribution in [1.29, 1.82) is 0 Å². The zero-order chi connectivity index (χ0) is 16.8. The Balaban J connectivity index is 2.11. The third-order valence-electron chi connectivity index (χ3n) is 3.47. The maximum absolute atomic E-state index is 12.3. The number of amides is 2. The highest BCUT2D eigenvalue weighted by molar-refractivity contribution is 6.08. The van der Waals surface area contributed by atoms with E-state index < -0.39 is 5.91 Å². The van der Waals surface area contributed by atoms with Crippen molar-refractivity contribution in [3.8, 4) is 5.75 Å². The first kappa shape index (κ1) is 16.5. The van der Waals surface area contributed by atoms with E-state index in [2.05, 4.69) is 5.32 Å². The van der Waals surface area contributed by atoms with Gasteiger partial charge in [0, 0.05) is 5.56 Å². The van der Waals surface area contributed by atoms with Crippen LogP contribution in [-0.4, -0.2) is 17.9 Å². The van der Waals surface area contributed by atoms with E-state index in [4.69, 9.17) is 10.5 Å². The number of hydrogen-bond acceptors (Lipinski definition) is 3. The maximum atomic E-state index is 12.3. The predicted molar refractivity (Wildman–Crippen MR) is 89.7 cm³/mol. The second kappa shape index (κ2) is 7.45. The molecule has 120 valence electrons. The SMILES string of the molecule is CCC(C)Oc1ccc(C(=O)Nc2ccccc2C(N)=O)cc1. The topological polar surface area (TPSA) is 81.4 Å². The molecule has 0 spiro atoms. The fourth-order valence-corrected chi connectivity index (χ4v) is 2.00. The van der Waals surface area contributed by atoms with Crippen LogP contribution in [0.15, 0.2) is 48.5 Å². The zero-order valence-corrected chi connectivity index (χ0v) is 13.2. The van der Waals surface area contributed by atoms with Crippen LogP contribution in [0.5, 0.6) is 5.75 Å². The Kier molecular flexibility index (Phi) is 5.36. The van der Waals surface area contributed by atoms with Crippen molar-refractivity contribution in [2.45, 2.75) is 26.4 Å². The Bertz CT molecular complexity index is 696. The van der Waals surface area contributed by atoms with Crippen molar-refractivity contribution in [2.24, 2.45) is 5.73 Å². The number of carbonyl (C=O) groups excluding carboxylic acids is 2. The number of nitrogens with two attached hydrogens (primary N) is 1. The number of carbonyl (C=O) groups is 2. The van der Waals surface area contributed by atoms with E-state index in [1.54, 1.807) is 48.5 Å². The van der Waals surface area contributed by atoms with Crippen molar-refractivity contribution in [3.63, 3.8) is 0 Å². The Hall–Kier alpha value is -2.82. The number of nitrogens with one attached hydrogen (secondary N) is 1. The van der Waals surface area contributed by atoms with Crippen molar-refractivity contribution in [3.05, 3.63) is 59.7 Å². The molecule has 0 saturated heterocycles. The molecule has 2 rings (SSSR count). The Labute approximate surface area is 135 Å². The molecule has 2 aromatic carbocycles. The fourth-order valence-electron chi connectivity index (χ4n) is 2.00. The smallest absolute Gasteiger partial charge is 0.255 e. The molecule has 3 N–H and O–H groups in total. The van der Waals surface area contributed by atoms with Gasteiger partial charge in [0.1, 0.15) is 5.75 Å². The lowest BCUT2D eigenvalue weighted by molar-refractivity contribution is 0.100. The van der Waals surface area contributed by atoms with Crippen molar-refractivity contribution >= 4 is 17.5 Å². The summed E-state index contributed by atoms with van der Waals surface area (Å²) in [5.41, 5.74) is 6.44. The van der Waals surface area contributed by atoms with E-state index in [9.17, 15) is 9.59 Å². The van der Waals surface area contributed by atoms with Gasteiger partial charge < -0.3 is 15.8 Å². The lowest BCUT2D eigenvalue weighted by Gasteiger charge is -2.13. The maximum Gasteiger partial charge on any atom is 0.255 e. The first-order valence-electron chi connectivity index (χ1n) is 7.48. The summed E-state index contributed by atoms with van der Waals surface area (Å²) in [7, 11) is 0. The molecule has 0 fully saturated rings. The summed E-state index contributed by atoms with van der Waals surface area (Å²) < 4.78 is 5.67. The monoisotopic (exact) mass is 312 g/mol. The summed E-state index contributed by atoms with van der Waals surface area (Å²) >= 11 is 0. The van der Waals surface area contributed by atoms with Crippen LogP contribution in [0.2, 0.25) is 0 Å². The molecule has 0 aromatic heterocycles.